The fraction of sp³-hybridized carbons (Fsp3) is 0.786. The van der Waals surface area contributed by atoms with Crippen molar-refractivity contribution in [2.24, 2.45) is 0 Å². The molecule has 0 bridgehead atoms. The fourth-order valence-corrected chi connectivity index (χ4v) is 3.22. The first-order chi connectivity index (χ1) is 10.1. The van der Waals surface area contributed by atoms with Crippen molar-refractivity contribution >= 4 is 5.97 Å². The molecular formula is C14H22N4O3. The van der Waals surface area contributed by atoms with Crippen LogP contribution in [0.15, 0.2) is 4.52 Å². The second-order valence-electron chi connectivity index (χ2n) is 5.90. The van der Waals surface area contributed by atoms with Crippen molar-refractivity contribution in [3.8, 4) is 0 Å². The zero-order valence-corrected chi connectivity index (χ0v) is 12.6. The molecule has 2 atom stereocenters. The first-order valence-electron chi connectivity index (χ1n) is 7.53. The van der Waals surface area contributed by atoms with E-state index < -0.39 is 0 Å². The molecule has 3 heterocycles. The topological polar surface area (TPSA) is 71.7 Å². The molecule has 7 nitrogen and oxygen atoms in total. The number of likely N-dealkylation sites (N-methyl/N-ethyl adjacent to an activating group) is 1. The maximum Gasteiger partial charge on any atom is 0.323 e. The van der Waals surface area contributed by atoms with Gasteiger partial charge in [-0.15, -0.1) is 0 Å². The second-order valence-corrected chi connectivity index (χ2v) is 5.90. The lowest BCUT2D eigenvalue weighted by Gasteiger charge is -2.38. The second kappa shape index (κ2) is 6.11. The number of aromatic nitrogens is 2. The highest BCUT2D eigenvalue weighted by Gasteiger charge is 2.35. The molecule has 2 saturated heterocycles. The molecule has 0 aliphatic carbocycles. The highest BCUT2D eigenvalue weighted by Crippen LogP contribution is 2.22. The molecule has 1 aromatic rings. The van der Waals surface area contributed by atoms with Gasteiger partial charge >= 0.3 is 5.97 Å². The van der Waals surface area contributed by atoms with Gasteiger partial charge in [-0.1, -0.05) is 5.16 Å². The van der Waals surface area contributed by atoms with Crippen molar-refractivity contribution < 1.29 is 14.1 Å². The van der Waals surface area contributed by atoms with E-state index in [1.54, 1.807) is 6.92 Å². The Hall–Kier alpha value is -1.47. The molecule has 2 aliphatic heterocycles. The molecule has 0 unspecified atom stereocenters. The minimum absolute atomic E-state index is 0.0802. The van der Waals surface area contributed by atoms with Gasteiger partial charge in [-0.2, -0.15) is 4.98 Å². The number of carbonyl (C=O) groups excluding carboxylic acids is 1. The summed E-state index contributed by atoms with van der Waals surface area (Å²) in [7, 11) is 2.03. The molecule has 3 rings (SSSR count). The van der Waals surface area contributed by atoms with Gasteiger partial charge in [0.15, 0.2) is 5.82 Å². The molecule has 0 radical (unpaired) electrons. The smallest absolute Gasteiger partial charge is 0.323 e. The summed E-state index contributed by atoms with van der Waals surface area (Å²) in [6, 6.07) is 0.296. The zero-order valence-electron chi connectivity index (χ0n) is 12.6. The fourth-order valence-electron chi connectivity index (χ4n) is 3.22. The van der Waals surface area contributed by atoms with Crippen LogP contribution in [-0.2, 0) is 16.1 Å². The normalized spacial score (nSPS) is 27.3. The lowest BCUT2D eigenvalue weighted by atomic mass is 10.0. The molecule has 116 valence electrons. The third-order valence-corrected chi connectivity index (χ3v) is 4.39. The van der Waals surface area contributed by atoms with Crippen LogP contribution in [0.25, 0.3) is 0 Å². The van der Waals surface area contributed by atoms with E-state index in [0.717, 1.165) is 38.2 Å². The molecule has 2 fully saturated rings. The lowest BCUT2D eigenvalue weighted by molar-refractivity contribution is -0.142. The van der Waals surface area contributed by atoms with Crippen LogP contribution in [0.3, 0.4) is 0 Å². The van der Waals surface area contributed by atoms with Crippen LogP contribution in [0.2, 0.25) is 0 Å². The third-order valence-electron chi connectivity index (χ3n) is 4.39. The number of carbonyl (C=O) groups is 1. The Morgan fingerprint density at radius 1 is 1.43 bits per heavy atom. The van der Waals surface area contributed by atoms with Gasteiger partial charge in [0.2, 0.25) is 5.89 Å². The van der Waals surface area contributed by atoms with Gasteiger partial charge in [0.05, 0.1) is 13.2 Å². The summed E-state index contributed by atoms with van der Waals surface area (Å²) < 4.78 is 10.1. The van der Waals surface area contributed by atoms with Gasteiger partial charge in [-0.3, -0.25) is 14.6 Å². The molecule has 0 spiro atoms. The van der Waals surface area contributed by atoms with Gasteiger partial charge < -0.3 is 9.26 Å². The Morgan fingerprint density at radius 3 is 2.95 bits per heavy atom. The number of rotatable bonds is 4. The van der Waals surface area contributed by atoms with Crippen molar-refractivity contribution in [2.75, 3.05) is 26.7 Å². The van der Waals surface area contributed by atoms with E-state index in [1.807, 2.05) is 7.05 Å². The molecule has 7 heteroatoms. The first-order valence-corrected chi connectivity index (χ1v) is 7.53. The summed E-state index contributed by atoms with van der Waals surface area (Å²) >= 11 is 0. The van der Waals surface area contributed by atoms with Gasteiger partial charge in [-0.25, -0.2) is 0 Å². The first kappa shape index (κ1) is 14.5. The summed E-state index contributed by atoms with van der Waals surface area (Å²) in [4.78, 5) is 20.5. The predicted molar refractivity (Wildman–Crippen MR) is 74.5 cm³/mol. The van der Waals surface area contributed by atoms with Crippen molar-refractivity contribution in [3.05, 3.63) is 11.7 Å². The molecule has 0 amide bonds. The van der Waals surface area contributed by atoms with E-state index in [0.29, 0.717) is 25.1 Å². The van der Waals surface area contributed by atoms with Crippen molar-refractivity contribution in [1.29, 1.82) is 0 Å². The highest BCUT2D eigenvalue weighted by molar-refractivity contribution is 5.77. The monoisotopic (exact) mass is 294 g/mol. The zero-order chi connectivity index (χ0) is 14.8. The number of likely N-dealkylation sites (tertiary alicyclic amines) is 1. The Labute approximate surface area is 124 Å². The van der Waals surface area contributed by atoms with Gasteiger partial charge in [0.25, 0.3) is 0 Å². The number of hydrogen-bond acceptors (Lipinski definition) is 7. The van der Waals surface area contributed by atoms with Gasteiger partial charge in [-0.05, 0) is 26.4 Å². The van der Waals surface area contributed by atoms with Crippen LogP contribution in [0.4, 0.5) is 0 Å². The predicted octanol–water partition coefficient (Wildman–Crippen LogP) is 0.590. The maximum absolute atomic E-state index is 11.7. The summed E-state index contributed by atoms with van der Waals surface area (Å²) in [6.45, 7) is 5.01. The molecule has 2 aliphatic rings. The summed E-state index contributed by atoms with van der Waals surface area (Å²) in [5.41, 5.74) is 0. The number of ether oxygens (including phenoxy) is 1. The van der Waals surface area contributed by atoms with Crippen LogP contribution in [0, 0.1) is 6.92 Å². The Bertz CT molecular complexity index is 504. The number of nitrogens with zero attached hydrogens (tertiary/aromatic N) is 4. The number of cyclic esters (lactones) is 1. The minimum atomic E-state index is -0.0811. The van der Waals surface area contributed by atoms with Crippen LogP contribution in [0.1, 0.15) is 31.0 Å². The maximum atomic E-state index is 11.7. The standard InChI is InChI=1S/C14H22N4O3/c1-10-15-13(16-21-10)9-18-6-3-4-11(8-18)17(2)12-5-7-20-14(12)19/h11-12H,3-9H2,1-2H3/t11-,12+/m0/s1. The Morgan fingerprint density at radius 2 is 2.29 bits per heavy atom. The van der Waals surface area contributed by atoms with E-state index in [9.17, 15) is 4.79 Å². The summed E-state index contributed by atoms with van der Waals surface area (Å²) in [5, 5.41) is 3.95. The molecule has 0 aromatic carbocycles. The van der Waals surface area contributed by atoms with Crippen LogP contribution in [-0.4, -0.2) is 64.7 Å². The van der Waals surface area contributed by atoms with Crippen molar-refractivity contribution in [1.82, 2.24) is 19.9 Å². The minimum Gasteiger partial charge on any atom is -0.464 e. The summed E-state index contributed by atoms with van der Waals surface area (Å²) in [5.74, 6) is 1.25. The average Bonchev–Trinajstić information content (AvgIpc) is 3.07. The van der Waals surface area contributed by atoms with E-state index in [-0.39, 0.29) is 12.0 Å². The van der Waals surface area contributed by atoms with Gasteiger partial charge in [0.1, 0.15) is 6.04 Å². The lowest BCUT2D eigenvalue weighted by Crippen LogP contribution is -2.50. The third kappa shape index (κ3) is 3.24. The van der Waals surface area contributed by atoms with Crippen LogP contribution in [0.5, 0.6) is 0 Å². The Kier molecular flexibility index (Phi) is 4.21. The number of hydrogen-bond donors (Lipinski definition) is 0. The van der Waals surface area contributed by atoms with Crippen LogP contribution < -0.4 is 0 Å². The number of piperidine rings is 1. The Balaban J connectivity index is 1.58. The molecule has 21 heavy (non-hydrogen) atoms. The largest absolute Gasteiger partial charge is 0.464 e. The van der Waals surface area contributed by atoms with Crippen molar-refractivity contribution in [3.63, 3.8) is 0 Å². The number of esters is 1. The van der Waals surface area contributed by atoms with E-state index in [2.05, 4.69) is 19.9 Å². The van der Waals surface area contributed by atoms with E-state index in [4.69, 9.17) is 9.26 Å². The van der Waals surface area contributed by atoms with Crippen LogP contribution >= 0.6 is 0 Å². The van der Waals surface area contributed by atoms with Crippen molar-refractivity contribution in [2.45, 2.75) is 44.8 Å². The molecule has 0 saturated carbocycles. The molecule has 0 N–H and O–H groups in total. The number of aryl methyl sites for hydroxylation is 1. The van der Waals surface area contributed by atoms with E-state index in [1.165, 1.54) is 0 Å². The summed E-state index contributed by atoms with van der Waals surface area (Å²) in [6.07, 6.45) is 3.03. The molecule has 1 aromatic heterocycles. The average molecular weight is 294 g/mol. The quantitative estimate of drug-likeness (QED) is 0.753. The van der Waals surface area contributed by atoms with Gasteiger partial charge in [0, 0.05) is 25.9 Å². The molecular weight excluding hydrogens is 272 g/mol. The SMILES string of the molecule is Cc1nc(CN2CCC[C@H](N(C)[C@@H]3CCOC3=O)C2)no1. The highest BCUT2D eigenvalue weighted by atomic mass is 16.5. The van der Waals surface area contributed by atoms with E-state index >= 15 is 0 Å².